The second kappa shape index (κ2) is 5.58. The van der Waals surface area contributed by atoms with Crippen molar-refractivity contribution in [2.75, 3.05) is 5.73 Å². The van der Waals surface area contributed by atoms with E-state index >= 15 is 0 Å². The van der Waals surface area contributed by atoms with Gasteiger partial charge in [0.05, 0.1) is 5.69 Å². The van der Waals surface area contributed by atoms with Gasteiger partial charge in [0.2, 0.25) is 0 Å². The molecule has 0 aromatic heterocycles. The van der Waals surface area contributed by atoms with Gasteiger partial charge in [0.15, 0.2) is 0 Å². The summed E-state index contributed by atoms with van der Waals surface area (Å²) in [5.41, 5.74) is 10.3. The fraction of sp³-hybridized carbons (Fsp3) is 0.250. The quantitative estimate of drug-likeness (QED) is 0.828. The minimum absolute atomic E-state index is 0.553. The van der Waals surface area contributed by atoms with Gasteiger partial charge in [0, 0.05) is 0 Å². The first-order valence-corrected chi connectivity index (χ1v) is 6.26. The van der Waals surface area contributed by atoms with E-state index < -0.39 is 0 Å². The van der Waals surface area contributed by atoms with Crippen molar-refractivity contribution in [2.45, 2.75) is 26.9 Å². The van der Waals surface area contributed by atoms with Gasteiger partial charge in [-0.05, 0) is 36.6 Å². The summed E-state index contributed by atoms with van der Waals surface area (Å²) in [6.45, 7) is 4.74. The van der Waals surface area contributed by atoms with Crippen LogP contribution in [0, 0.1) is 6.92 Å². The normalized spacial score (nSPS) is 10.3. The SMILES string of the molecule is CCc1ccc(OCc2cccc(C)c2)c(N)c1. The van der Waals surface area contributed by atoms with E-state index in [0.717, 1.165) is 17.7 Å². The summed E-state index contributed by atoms with van der Waals surface area (Å²) in [5, 5.41) is 0. The van der Waals surface area contributed by atoms with Gasteiger partial charge < -0.3 is 10.5 Å². The Hall–Kier alpha value is -1.96. The topological polar surface area (TPSA) is 35.2 Å². The molecular weight excluding hydrogens is 222 g/mol. The molecule has 0 aliphatic carbocycles. The number of nitrogens with two attached hydrogens (primary N) is 1. The van der Waals surface area contributed by atoms with E-state index in [-0.39, 0.29) is 0 Å². The zero-order valence-electron chi connectivity index (χ0n) is 10.9. The number of rotatable bonds is 4. The van der Waals surface area contributed by atoms with Crippen molar-refractivity contribution in [3.05, 3.63) is 59.2 Å². The van der Waals surface area contributed by atoms with Crippen LogP contribution in [0.5, 0.6) is 5.75 Å². The number of benzene rings is 2. The predicted molar refractivity (Wildman–Crippen MR) is 75.7 cm³/mol. The molecule has 0 radical (unpaired) electrons. The Morgan fingerprint density at radius 1 is 1.06 bits per heavy atom. The van der Waals surface area contributed by atoms with E-state index in [1.165, 1.54) is 11.1 Å². The molecule has 0 saturated heterocycles. The first kappa shape index (κ1) is 12.5. The van der Waals surface area contributed by atoms with Crippen molar-refractivity contribution in [2.24, 2.45) is 0 Å². The molecule has 2 rings (SSSR count). The average molecular weight is 241 g/mol. The molecule has 0 amide bonds. The molecule has 2 heteroatoms. The maximum Gasteiger partial charge on any atom is 0.142 e. The minimum atomic E-state index is 0.553. The number of ether oxygens (including phenoxy) is 1. The second-order valence-corrected chi connectivity index (χ2v) is 4.50. The summed E-state index contributed by atoms with van der Waals surface area (Å²) in [5.74, 6) is 0.758. The molecule has 2 N–H and O–H groups in total. The van der Waals surface area contributed by atoms with E-state index in [0.29, 0.717) is 12.3 Å². The highest BCUT2D eigenvalue weighted by atomic mass is 16.5. The zero-order chi connectivity index (χ0) is 13.0. The molecule has 0 unspecified atom stereocenters. The second-order valence-electron chi connectivity index (χ2n) is 4.50. The van der Waals surface area contributed by atoms with Gasteiger partial charge in [-0.15, -0.1) is 0 Å². The van der Waals surface area contributed by atoms with Crippen molar-refractivity contribution >= 4 is 5.69 Å². The Bertz CT molecular complexity index is 534. The summed E-state index contributed by atoms with van der Waals surface area (Å²) in [4.78, 5) is 0. The number of aryl methyl sites for hydroxylation is 2. The number of hydrogen-bond acceptors (Lipinski definition) is 2. The van der Waals surface area contributed by atoms with E-state index in [4.69, 9.17) is 10.5 Å². The highest BCUT2D eigenvalue weighted by Gasteiger charge is 2.02. The van der Waals surface area contributed by atoms with Gasteiger partial charge in [-0.2, -0.15) is 0 Å². The number of anilines is 1. The minimum Gasteiger partial charge on any atom is -0.487 e. The summed E-state index contributed by atoms with van der Waals surface area (Å²) in [7, 11) is 0. The molecule has 0 spiro atoms. The first-order valence-electron chi connectivity index (χ1n) is 6.26. The van der Waals surface area contributed by atoms with Crippen LogP contribution in [-0.4, -0.2) is 0 Å². The fourth-order valence-electron chi connectivity index (χ4n) is 1.91. The van der Waals surface area contributed by atoms with Crippen molar-refractivity contribution in [1.82, 2.24) is 0 Å². The fourth-order valence-corrected chi connectivity index (χ4v) is 1.91. The van der Waals surface area contributed by atoms with Crippen LogP contribution in [0.3, 0.4) is 0 Å². The standard InChI is InChI=1S/C16H19NO/c1-3-13-7-8-16(15(17)10-13)18-11-14-6-4-5-12(2)9-14/h4-10H,3,11,17H2,1-2H3. The van der Waals surface area contributed by atoms with Gasteiger partial charge >= 0.3 is 0 Å². The lowest BCUT2D eigenvalue weighted by atomic mass is 10.1. The van der Waals surface area contributed by atoms with Crippen LogP contribution in [0.4, 0.5) is 5.69 Å². The van der Waals surface area contributed by atoms with Crippen LogP contribution in [0.15, 0.2) is 42.5 Å². The van der Waals surface area contributed by atoms with Crippen LogP contribution < -0.4 is 10.5 Å². The van der Waals surface area contributed by atoms with Crippen molar-refractivity contribution in [1.29, 1.82) is 0 Å². The summed E-state index contributed by atoms with van der Waals surface area (Å²) >= 11 is 0. The molecule has 18 heavy (non-hydrogen) atoms. The van der Waals surface area contributed by atoms with Crippen LogP contribution in [0.1, 0.15) is 23.6 Å². The highest BCUT2D eigenvalue weighted by Crippen LogP contribution is 2.23. The van der Waals surface area contributed by atoms with Crippen molar-refractivity contribution in [3.8, 4) is 5.75 Å². The monoisotopic (exact) mass is 241 g/mol. The van der Waals surface area contributed by atoms with Crippen LogP contribution in [0.2, 0.25) is 0 Å². The summed E-state index contributed by atoms with van der Waals surface area (Å²) in [6, 6.07) is 14.3. The van der Waals surface area contributed by atoms with E-state index in [1.807, 2.05) is 18.2 Å². The third kappa shape index (κ3) is 3.04. The number of hydrogen-bond donors (Lipinski definition) is 1. The molecule has 0 aliphatic heterocycles. The van der Waals surface area contributed by atoms with Crippen LogP contribution in [0.25, 0.3) is 0 Å². The predicted octanol–water partition coefficient (Wildman–Crippen LogP) is 3.72. The summed E-state index contributed by atoms with van der Waals surface area (Å²) in [6.07, 6.45) is 0.988. The third-order valence-corrected chi connectivity index (χ3v) is 2.96. The molecule has 0 heterocycles. The zero-order valence-corrected chi connectivity index (χ0v) is 10.9. The maximum absolute atomic E-state index is 5.97. The van der Waals surface area contributed by atoms with Crippen LogP contribution >= 0.6 is 0 Å². The van der Waals surface area contributed by atoms with Gasteiger partial charge in [-0.1, -0.05) is 42.8 Å². The Labute approximate surface area is 108 Å². The Morgan fingerprint density at radius 2 is 1.89 bits per heavy atom. The Kier molecular flexibility index (Phi) is 3.88. The number of nitrogen functional groups attached to an aromatic ring is 1. The molecule has 2 aromatic rings. The van der Waals surface area contributed by atoms with Crippen molar-refractivity contribution in [3.63, 3.8) is 0 Å². The lowest BCUT2D eigenvalue weighted by Crippen LogP contribution is -1.99. The van der Waals surface area contributed by atoms with Crippen molar-refractivity contribution < 1.29 is 4.74 Å². The molecule has 0 saturated carbocycles. The van der Waals surface area contributed by atoms with Gasteiger partial charge in [-0.25, -0.2) is 0 Å². The average Bonchev–Trinajstić information content (AvgIpc) is 2.37. The van der Waals surface area contributed by atoms with E-state index in [1.54, 1.807) is 0 Å². The molecule has 2 nitrogen and oxygen atoms in total. The van der Waals surface area contributed by atoms with E-state index in [2.05, 4.69) is 38.1 Å². The molecule has 0 aliphatic rings. The molecular formula is C16H19NO. The molecule has 0 bridgehead atoms. The van der Waals surface area contributed by atoms with Gasteiger partial charge in [0.25, 0.3) is 0 Å². The van der Waals surface area contributed by atoms with E-state index in [9.17, 15) is 0 Å². The molecule has 0 atom stereocenters. The largest absolute Gasteiger partial charge is 0.487 e. The highest BCUT2D eigenvalue weighted by molar-refractivity contribution is 5.54. The molecule has 94 valence electrons. The van der Waals surface area contributed by atoms with Crippen LogP contribution in [-0.2, 0) is 13.0 Å². The summed E-state index contributed by atoms with van der Waals surface area (Å²) < 4.78 is 5.75. The smallest absolute Gasteiger partial charge is 0.142 e. The maximum atomic E-state index is 5.97. The lowest BCUT2D eigenvalue weighted by Gasteiger charge is -2.10. The Morgan fingerprint density at radius 3 is 2.56 bits per heavy atom. The Balaban J connectivity index is 2.06. The van der Waals surface area contributed by atoms with Gasteiger partial charge in [-0.3, -0.25) is 0 Å². The van der Waals surface area contributed by atoms with Gasteiger partial charge in [0.1, 0.15) is 12.4 Å². The third-order valence-electron chi connectivity index (χ3n) is 2.96. The lowest BCUT2D eigenvalue weighted by molar-refractivity contribution is 0.308. The molecule has 2 aromatic carbocycles. The molecule has 0 fully saturated rings. The first-order chi connectivity index (χ1) is 8.69.